The number of amides is 2. The molecular formula is C20H30N2O3. The van der Waals surface area contributed by atoms with Crippen molar-refractivity contribution in [3.05, 3.63) is 29.8 Å². The van der Waals surface area contributed by atoms with E-state index in [-0.39, 0.29) is 23.9 Å². The minimum absolute atomic E-state index is 0.0170. The molecule has 0 saturated heterocycles. The van der Waals surface area contributed by atoms with Crippen molar-refractivity contribution in [2.24, 2.45) is 5.92 Å². The number of phenols is 1. The van der Waals surface area contributed by atoms with E-state index in [4.69, 9.17) is 0 Å². The summed E-state index contributed by atoms with van der Waals surface area (Å²) >= 11 is 0. The molecule has 2 aliphatic carbocycles. The summed E-state index contributed by atoms with van der Waals surface area (Å²) < 4.78 is 0. The van der Waals surface area contributed by atoms with Gasteiger partial charge in [-0.2, -0.15) is 0 Å². The first-order valence-corrected chi connectivity index (χ1v) is 9.62. The molecule has 2 saturated carbocycles. The second-order valence-corrected chi connectivity index (χ2v) is 7.60. The van der Waals surface area contributed by atoms with Crippen molar-refractivity contribution in [3.63, 3.8) is 0 Å². The Bertz CT molecular complexity index is 564. The van der Waals surface area contributed by atoms with Gasteiger partial charge in [0.1, 0.15) is 5.75 Å². The maximum absolute atomic E-state index is 12.9. The van der Waals surface area contributed by atoms with E-state index < -0.39 is 0 Å². The summed E-state index contributed by atoms with van der Waals surface area (Å²) in [6, 6.07) is 7.24. The van der Waals surface area contributed by atoms with Gasteiger partial charge in [0.25, 0.3) is 0 Å². The number of rotatable bonds is 5. The minimum atomic E-state index is -0.236. The minimum Gasteiger partial charge on any atom is -0.508 e. The monoisotopic (exact) mass is 346 g/mol. The number of hydrogen-bond donors (Lipinski definition) is 3. The lowest BCUT2D eigenvalue weighted by molar-refractivity contribution is 0.0815. The highest BCUT2D eigenvalue weighted by Crippen LogP contribution is 2.26. The fraction of sp³-hybridized carbons (Fsp3) is 0.650. The molecule has 2 fully saturated rings. The number of phenolic OH excluding ortho intramolecular Hbond substituents is 1. The number of aromatic hydroxyl groups is 1. The molecule has 0 heterocycles. The van der Waals surface area contributed by atoms with Crippen LogP contribution in [0.2, 0.25) is 0 Å². The molecule has 3 rings (SSSR count). The van der Waals surface area contributed by atoms with Crippen LogP contribution in [0.3, 0.4) is 0 Å². The average molecular weight is 346 g/mol. The molecule has 1 aromatic carbocycles. The van der Waals surface area contributed by atoms with Gasteiger partial charge in [-0.25, -0.2) is 4.79 Å². The maximum atomic E-state index is 12.9. The molecule has 0 unspecified atom stereocenters. The van der Waals surface area contributed by atoms with Crippen LogP contribution < -0.4 is 5.32 Å². The van der Waals surface area contributed by atoms with E-state index in [2.05, 4.69) is 5.32 Å². The van der Waals surface area contributed by atoms with Crippen LogP contribution >= 0.6 is 0 Å². The van der Waals surface area contributed by atoms with Gasteiger partial charge in [0.2, 0.25) is 0 Å². The zero-order valence-electron chi connectivity index (χ0n) is 14.9. The third-order valence-electron chi connectivity index (χ3n) is 5.65. The lowest BCUT2D eigenvalue weighted by Crippen LogP contribution is -2.48. The normalized spacial score (nSPS) is 24.2. The first kappa shape index (κ1) is 18.1. The molecular weight excluding hydrogens is 316 g/mol. The van der Waals surface area contributed by atoms with E-state index in [1.807, 2.05) is 17.0 Å². The quantitative estimate of drug-likeness (QED) is 0.765. The Morgan fingerprint density at radius 2 is 1.84 bits per heavy atom. The van der Waals surface area contributed by atoms with Crippen LogP contribution in [0, 0.1) is 5.92 Å². The number of carbonyl (C=O) groups is 1. The number of aliphatic hydroxyl groups excluding tert-OH is 1. The summed E-state index contributed by atoms with van der Waals surface area (Å²) in [5.74, 6) is 0.836. The van der Waals surface area contributed by atoms with Crippen LogP contribution in [0.15, 0.2) is 24.3 Å². The summed E-state index contributed by atoms with van der Waals surface area (Å²) in [6.07, 6.45) is 7.88. The highest BCUT2D eigenvalue weighted by Gasteiger charge is 2.29. The Labute approximate surface area is 150 Å². The van der Waals surface area contributed by atoms with Crippen LogP contribution in [-0.4, -0.2) is 39.8 Å². The zero-order chi connectivity index (χ0) is 17.6. The van der Waals surface area contributed by atoms with Crippen molar-refractivity contribution in [3.8, 4) is 5.75 Å². The molecule has 0 atom stereocenters. The number of hydrogen-bond acceptors (Lipinski definition) is 3. The molecule has 138 valence electrons. The lowest BCUT2D eigenvalue weighted by atomic mass is 9.92. The van der Waals surface area contributed by atoms with E-state index >= 15 is 0 Å². The molecule has 1 aromatic rings. The first-order valence-electron chi connectivity index (χ1n) is 9.62. The van der Waals surface area contributed by atoms with Crippen molar-refractivity contribution in [1.82, 2.24) is 10.2 Å². The smallest absolute Gasteiger partial charge is 0.317 e. The van der Waals surface area contributed by atoms with Gasteiger partial charge in [0.05, 0.1) is 6.10 Å². The Balaban J connectivity index is 1.65. The Hall–Kier alpha value is -1.75. The van der Waals surface area contributed by atoms with Crippen LogP contribution in [0.25, 0.3) is 0 Å². The molecule has 25 heavy (non-hydrogen) atoms. The Morgan fingerprint density at radius 1 is 1.12 bits per heavy atom. The predicted octanol–water partition coefficient (Wildman–Crippen LogP) is 3.40. The van der Waals surface area contributed by atoms with Gasteiger partial charge in [-0.1, -0.05) is 25.0 Å². The average Bonchev–Trinajstić information content (AvgIpc) is 3.12. The van der Waals surface area contributed by atoms with Crippen molar-refractivity contribution in [2.75, 3.05) is 6.54 Å². The van der Waals surface area contributed by atoms with Gasteiger partial charge >= 0.3 is 6.03 Å². The lowest BCUT2D eigenvalue weighted by Gasteiger charge is -2.36. The SMILES string of the molecule is O=C(NCC1CCCC1)N(Cc1cccc(O)c1)C1CCC(O)CC1. The van der Waals surface area contributed by atoms with E-state index in [1.165, 1.54) is 25.7 Å². The van der Waals surface area contributed by atoms with E-state index in [9.17, 15) is 15.0 Å². The van der Waals surface area contributed by atoms with E-state index in [1.54, 1.807) is 12.1 Å². The summed E-state index contributed by atoms with van der Waals surface area (Å²) in [5, 5.41) is 22.6. The van der Waals surface area contributed by atoms with Gasteiger partial charge in [-0.05, 0) is 62.1 Å². The Morgan fingerprint density at radius 3 is 2.52 bits per heavy atom. The largest absolute Gasteiger partial charge is 0.508 e. The molecule has 5 nitrogen and oxygen atoms in total. The first-order chi connectivity index (χ1) is 12.1. The molecule has 5 heteroatoms. The molecule has 0 radical (unpaired) electrons. The number of benzene rings is 1. The number of aliphatic hydroxyl groups is 1. The van der Waals surface area contributed by atoms with Gasteiger partial charge < -0.3 is 20.4 Å². The fourth-order valence-corrected chi connectivity index (χ4v) is 4.14. The van der Waals surface area contributed by atoms with Gasteiger partial charge in [0.15, 0.2) is 0 Å². The Kier molecular flexibility index (Phi) is 6.19. The van der Waals surface area contributed by atoms with Crippen molar-refractivity contribution in [2.45, 2.75) is 70.1 Å². The van der Waals surface area contributed by atoms with E-state index in [0.717, 1.165) is 37.8 Å². The molecule has 0 aromatic heterocycles. The summed E-state index contributed by atoms with van der Waals surface area (Å²) in [6.45, 7) is 1.25. The number of urea groups is 1. The number of nitrogens with zero attached hydrogens (tertiary/aromatic N) is 1. The molecule has 0 spiro atoms. The van der Waals surface area contributed by atoms with Gasteiger partial charge in [-0.3, -0.25) is 0 Å². The summed E-state index contributed by atoms with van der Waals surface area (Å²) in [5.41, 5.74) is 0.933. The third-order valence-corrected chi connectivity index (χ3v) is 5.65. The van der Waals surface area contributed by atoms with Crippen molar-refractivity contribution < 1.29 is 15.0 Å². The molecule has 3 N–H and O–H groups in total. The van der Waals surface area contributed by atoms with Crippen molar-refractivity contribution in [1.29, 1.82) is 0 Å². The van der Waals surface area contributed by atoms with Crippen molar-refractivity contribution >= 4 is 6.03 Å². The van der Waals surface area contributed by atoms with Crippen LogP contribution in [-0.2, 0) is 6.54 Å². The molecule has 2 amide bonds. The van der Waals surface area contributed by atoms with E-state index in [0.29, 0.717) is 12.5 Å². The van der Waals surface area contributed by atoms with Gasteiger partial charge in [0, 0.05) is 19.1 Å². The third kappa shape index (κ3) is 5.11. The summed E-state index contributed by atoms with van der Waals surface area (Å²) in [4.78, 5) is 14.8. The topological polar surface area (TPSA) is 72.8 Å². The van der Waals surface area contributed by atoms with Crippen LogP contribution in [0.1, 0.15) is 56.9 Å². The summed E-state index contributed by atoms with van der Waals surface area (Å²) in [7, 11) is 0. The second kappa shape index (κ2) is 8.56. The van der Waals surface area contributed by atoms with Gasteiger partial charge in [-0.15, -0.1) is 0 Å². The highest BCUT2D eigenvalue weighted by molar-refractivity contribution is 5.74. The maximum Gasteiger partial charge on any atom is 0.317 e. The fourth-order valence-electron chi connectivity index (χ4n) is 4.14. The molecule has 2 aliphatic rings. The van der Waals surface area contributed by atoms with Crippen LogP contribution in [0.4, 0.5) is 4.79 Å². The number of carbonyl (C=O) groups excluding carboxylic acids is 1. The standard InChI is InChI=1S/C20H30N2O3/c23-18-10-8-17(9-11-18)22(14-16-6-3-7-19(24)12-16)20(25)21-13-15-4-1-2-5-15/h3,6-7,12,15,17-18,23-24H,1-2,4-5,8-11,13-14H2,(H,21,25). The van der Waals surface area contributed by atoms with Crippen LogP contribution in [0.5, 0.6) is 5.75 Å². The molecule has 0 aliphatic heterocycles. The number of nitrogens with one attached hydrogen (secondary N) is 1. The molecule has 0 bridgehead atoms. The second-order valence-electron chi connectivity index (χ2n) is 7.60. The zero-order valence-corrected chi connectivity index (χ0v) is 14.9. The predicted molar refractivity (Wildman–Crippen MR) is 97.3 cm³/mol. The highest BCUT2D eigenvalue weighted by atomic mass is 16.3.